The Labute approximate surface area is 156 Å². The van der Waals surface area contributed by atoms with Crippen LogP contribution < -0.4 is 16.4 Å². The van der Waals surface area contributed by atoms with Crippen molar-refractivity contribution >= 4 is 35.1 Å². The molecule has 1 heterocycles. The molecule has 4 N–H and O–H groups in total. The van der Waals surface area contributed by atoms with Crippen molar-refractivity contribution in [2.75, 3.05) is 7.05 Å². The highest BCUT2D eigenvalue weighted by Gasteiger charge is 2.28. The minimum Gasteiger partial charge on any atom is -0.395 e. The van der Waals surface area contributed by atoms with Crippen LogP contribution in [0.3, 0.4) is 0 Å². The highest BCUT2D eigenvalue weighted by atomic mass is 35.5. The van der Waals surface area contributed by atoms with E-state index in [1.54, 1.807) is 12.1 Å². The van der Waals surface area contributed by atoms with Crippen molar-refractivity contribution in [3.63, 3.8) is 0 Å². The summed E-state index contributed by atoms with van der Waals surface area (Å²) in [7, 11) is 1.53. The summed E-state index contributed by atoms with van der Waals surface area (Å²) in [6, 6.07) is 4.86. The molecule has 0 bridgehead atoms. The summed E-state index contributed by atoms with van der Waals surface area (Å²) < 4.78 is 0. The highest BCUT2D eigenvalue weighted by Crippen LogP contribution is 2.23. The van der Waals surface area contributed by atoms with E-state index in [9.17, 15) is 9.59 Å². The van der Waals surface area contributed by atoms with Gasteiger partial charge in [-0.2, -0.15) is 0 Å². The van der Waals surface area contributed by atoms with Crippen molar-refractivity contribution < 1.29 is 9.59 Å². The van der Waals surface area contributed by atoms with Crippen LogP contribution in [0.2, 0.25) is 10.0 Å². The number of hydrogen-bond acceptors (Lipinski definition) is 3. The number of likely N-dealkylation sites (N-methyl/N-ethyl adjacent to an activating group) is 1. The molecule has 0 saturated heterocycles. The van der Waals surface area contributed by atoms with Crippen LogP contribution in [0.5, 0.6) is 0 Å². The van der Waals surface area contributed by atoms with Gasteiger partial charge in [0.25, 0.3) is 5.91 Å². The molecule has 2 rings (SSSR count). The Morgan fingerprint density at radius 2 is 2.08 bits per heavy atom. The largest absolute Gasteiger partial charge is 0.395 e. The monoisotopic (exact) mass is 382 g/mol. The van der Waals surface area contributed by atoms with Crippen LogP contribution in [0, 0.1) is 0 Å². The Kier molecular flexibility index (Phi) is 5.98. The number of carbonyl (C=O) groups excluding carboxylic acids is 2. The number of aryl methyl sites for hydroxylation is 1. The number of nitrogens with two attached hydrogens (primary N) is 1. The molecule has 1 aliphatic rings. The Balaban J connectivity index is 1.97. The first kappa shape index (κ1) is 19.1. The van der Waals surface area contributed by atoms with Crippen molar-refractivity contribution in [1.29, 1.82) is 0 Å². The van der Waals surface area contributed by atoms with Gasteiger partial charge in [0.05, 0.1) is 21.4 Å². The molecule has 1 aromatic rings. The molecule has 0 fully saturated rings. The van der Waals surface area contributed by atoms with Gasteiger partial charge in [-0.05, 0) is 37.5 Å². The van der Waals surface area contributed by atoms with Gasteiger partial charge < -0.3 is 16.4 Å². The van der Waals surface area contributed by atoms with Gasteiger partial charge in [-0.3, -0.25) is 9.69 Å². The van der Waals surface area contributed by atoms with Gasteiger partial charge in [0, 0.05) is 13.1 Å². The van der Waals surface area contributed by atoms with Crippen LogP contribution in [0.1, 0.15) is 18.9 Å². The van der Waals surface area contributed by atoms with Crippen molar-refractivity contribution in [1.82, 2.24) is 15.5 Å². The highest BCUT2D eigenvalue weighted by molar-refractivity contribution is 6.42. The molecule has 0 aliphatic carbocycles. The van der Waals surface area contributed by atoms with Crippen molar-refractivity contribution in [2.45, 2.75) is 25.8 Å². The second kappa shape index (κ2) is 7.80. The Morgan fingerprint density at radius 3 is 2.72 bits per heavy atom. The van der Waals surface area contributed by atoms with E-state index in [1.165, 1.54) is 11.9 Å². The number of amides is 3. The number of hydrogen-bond donors (Lipinski definition) is 3. The van der Waals surface area contributed by atoms with Crippen LogP contribution >= 0.6 is 23.2 Å². The molecule has 25 heavy (non-hydrogen) atoms. The molecule has 0 radical (unpaired) electrons. The van der Waals surface area contributed by atoms with E-state index in [-0.39, 0.29) is 23.1 Å². The molecule has 8 heteroatoms. The number of benzene rings is 1. The van der Waals surface area contributed by atoms with Crippen LogP contribution in [-0.2, 0) is 11.2 Å². The maximum Gasteiger partial charge on any atom is 0.326 e. The third-order valence-electron chi connectivity index (χ3n) is 3.98. The molecule has 1 aliphatic heterocycles. The number of nitrogens with one attached hydrogen (secondary N) is 2. The zero-order chi connectivity index (χ0) is 18.7. The number of halogens is 2. The van der Waals surface area contributed by atoms with Crippen LogP contribution in [0.15, 0.2) is 41.9 Å². The van der Waals surface area contributed by atoms with Crippen LogP contribution in [0.25, 0.3) is 0 Å². The van der Waals surface area contributed by atoms with Gasteiger partial charge in [-0.15, -0.1) is 0 Å². The minimum absolute atomic E-state index is 0.0227. The standard InChI is InChI=1S/C17H20Cl2N4O2/c1-9(4-5-11-6-7-12(18)13(19)8-11)21-16(24)15-14(20)10(2)23(3)17(25)22-15/h6-9H,2,4-5,20H2,1,3H3,(H,21,24)(H,22,25)/t9-/m1/s1. The predicted molar refractivity (Wildman–Crippen MR) is 99.0 cm³/mol. The first-order valence-corrected chi connectivity index (χ1v) is 8.44. The summed E-state index contributed by atoms with van der Waals surface area (Å²) in [5, 5.41) is 6.31. The zero-order valence-corrected chi connectivity index (χ0v) is 15.5. The SMILES string of the molecule is C=C1C(N)=C(C(=O)N[C@H](C)CCc2ccc(Cl)c(Cl)c2)NC(=O)N1C. The minimum atomic E-state index is -0.451. The van der Waals surface area contributed by atoms with Gasteiger partial charge >= 0.3 is 6.03 Å². The lowest BCUT2D eigenvalue weighted by atomic mass is 10.1. The number of urea groups is 1. The third kappa shape index (κ3) is 4.46. The summed E-state index contributed by atoms with van der Waals surface area (Å²) in [4.78, 5) is 25.4. The van der Waals surface area contributed by atoms with E-state index >= 15 is 0 Å². The Hall–Kier alpha value is -2.18. The second-order valence-corrected chi connectivity index (χ2v) is 6.70. The van der Waals surface area contributed by atoms with Gasteiger partial charge in [-0.1, -0.05) is 35.8 Å². The number of carbonyl (C=O) groups is 2. The lowest BCUT2D eigenvalue weighted by Crippen LogP contribution is -2.48. The molecule has 3 amide bonds. The number of rotatable bonds is 5. The fourth-order valence-electron chi connectivity index (χ4n) is 2.33. The molecule has 1 atom stereocenters. The summed E-state index contributed by atoms with van der Waals surface area (Å²) in [5.41, 5.74) is 7.37. The van der Waals surface area contributed by atoms with Gasteiger partial charge in [0.2, 0.25) is 0 Å². The quantitative estimate of drug-likeness (QED) is 0.731. The molecule has 0 aromatic heterocycles. The topological polar surface area (TPSA) is 87.5 Å². The first-order valence-electron chi connectivity index (χ1n) is 7.69. The van der Waals surface area contributed by atoms with Gasteiger partial charge in [-0.25, -0.2) is 4.79 Å². The summed E-state index contributed by atoms with van der Waals surface area (Å²) in [5.74, 6) is -0.443. The average molecular weight is 383 g/mol. The van der Waals surface area contributed by atoms with E-state index in [2.05, 4.69) is 17.2 Å². The Bertz CT molecular complexity index is 761. The molecule has 134 valence electrons. The van der Waals surface area contributed by atoms with Gasteiger partial charge in [0.15, 0.2) is 0 Å². The summed E-state index contributed by atoms with van der Waals surface area (Å²) >= 11 is 11.9. The summed E-state index contributed by atoms with van der Waals surface area (Å²) in [6.45, 7) is 5.58. The fraction of sp³-hybridized carbons (Fsp3) is 0.294. The van der Waals surface area contributed by atoms with Crippen molar-refractivity contribution in [2.24, 2.45) is 5.73 Å². The third-order valence-corrected chi connectivity index (χ3v) is 4.72. The normalized spacial score (nSPS) is 15.9. The lowest BCUT2D eigenvalue weighted by Gasteiger charge is -2.28. The molecule has 0 spiro atoms. The number of nitrogens with zero attached hydrogens (tertiary/aromatic N) is 1. The maximum atomic E-state index is 12.4. The van der Waals surface area contributed by atoms with Crippen molar-refractivity contribution in [3.05, 3.63) is 57.5 Å². The van der Waals surface area contributed by atoms with Crippen LogP contribution in [0.4, 0.5) is 4.79 Å². The molecule has 0 saturated carbocycles. The average Bonchev–Trinajstić information content (AvgIpc) is 2.57. The predicted octanol–water partition coefficient (Wildman–Crippen LogP) is 2.77. The van der Waals surface area contributed by atoms with E-state index in [4.69, 9.17) is 28.9 Å². The lowest BCUT2D eigenvalue weighted by molar-refractivity contribution is -0.118. The summed E-state index contributed by atoms with van der Waals surface area (Å²) in [6.07, 6.45) is 1.40. The van der Waals surface area contributed by atoms with Crippen LogP contribution in [-0.4, -0.2) is 29.9 Å². The molecule has 6 nitrogen and oxygen atoms in total. The van der Waals surface area contributed by atoms with E-state index in [0.717, 1.165) is 5.56 Å². The Morgan fingerprint density at radius 1 is 1.40 bits per heavy atom. The molecular weight excluding hydrogens is 363 g/mol. The molecular formula is C17H20Cl2N4O2. The van der Waals surface area contributed by atoms with Crippen molar-refractivity contribution in [3.8, 4) is 0 Å². The second-order valence-electron chi connectivity index (χ2n) is 5.89. The van der Waals surface area contributed by atoms with E-state index < -0.39 is 11.9 Å². The zero-order valence-electron chi connectivity index (χ0n) is 14.0. The smallest absolute Gasteiger partial charge is 0.326 e. The fourth-order valence-corrected chi connectivity index (χ4v) is 2.65. The van der Waals surface area contributed by atoms with Gasteiger partial charge in [0.1, 0.15) is 5.70 Å². The first-order chi connectivity index (χ1) is 11.7. The molecule has 1 aromatic carbocycles. The maximum absolute atomic E-state index is 12.4. The van der Waals surface area contributed by atoms with E-state index in [0.29, 0.717) is 22.9 Å². The van der Waals surface area contributed by atoms with E-state index in [1.807, 2.05) is 13.0 Å². The molecule has 0 unspecified atom stereocenters.